The molecule has 0 fully saturated rings. The van der Waals surface area contributed by atoms with Gasteiger partial charge in [0.2, 0.25) is 0 Å². The Kier molecular flexibility index (Phi) is 7.91. The van der Waals surface area contributed by atoms with Crippen molar-refractivity contribution >= 4 is 0 Å². The smallest absolute Gasteiger partial charge is 0.138 e. The molecule has 0 aliphatic heterocycles. The van der Waals surface area contributed by atoms with Gasteiger partial charge in [-0.15, -0.1) is 10.7 Å². The van der Waals surface area contributed by atoms with Crippen LogP contribution < -0.4 is 0 Å². The van der Waals surface area contributed by atoms with E-state index in [4.69, 9.17) is 0 Å². The maximum atomic E-state index is 4.06. The van der Waals surface area contributed by atoms with E-state index in [2.05, 4.69) is 28.2 Å². The third kappa shape index (κ3) is 4.42. The van der Waals surface area contributed by atoms with Crippen LogP contribution in [-0.4, -0.2) is 15.2 Å². The Bertz CT molecular complexity index is 313. The van der Waals surface area contributed by atoms with Gasteiger partial charge in [-0.05, 0) is 0 Å². The van der Waals surface area contributed by atoms with Crippen molar-refractivity contribution in [2.24, 2.45) is 0 Å². The summed E-state index contributed by atoms with van der Waals surface area (Å²) >= 11 is 0. The van der Waals surface area contributed by atoms with Gasteiger partial charge < -0.3 is 6.92 Å². The predicted molar refractivity (Wildman–Crippen MR) is 55.1 cm³/mol. The SMILES string of the molecule is [CH2-]C.[Sc].[c-]1ccc(-c2cnncn2)cc1. The average molecular weight is 230 g/mol. The van der Waals surface area contributed by atoms with Crippen molar-refractivity contribution < 1.29 is 25.8 Å². The Hall–Kier alpha value is -0.900. The Labute approximate surface area is 109 Å². The van der Waals surface area contributed by atoms with E-state index in [9.17, 15) is 0 Å². The van der Waals surface area contributed by atoms with Crippen LogP contribution in [0.4, 0.5) is 0 Å². The molecule has 1 radical (unpaired) electrons. The zero-order valence-electron chi connectivity index (χ0n) is 8.59. The maximum Gasteiger partial charge on any atom is 0.138 e. The molecule has 2 aromatic rings. The zero-order chi connectivity index (χ0) is 10.2. The normalized spacial score (nSPS) is 8.13. The van der Waals surface area contributed by atoms with E-state index in [-0.39, 0.29) is 25.8 Å². The topological polar surface area (TPSA) is 38.7 Å². The second-order valence-electron chi connectivity index (χ2n) is 2.28. The van der Waals surface area contributed by atoms with Crippen LogP contribution in [0.15, 0.2) is 36.8 Å². The van der Waals surface area contributed by atoms with Gasteiger partial charge in [0.05, 0.1) is 11.9 Å². The molecule has 0 spiro atoms. The molecular weight excluding hydrogens is 219 g/mol. The Morgan fingerprint density at radius 1 is 1.13 bits per heavy atom. The Morgan fingerprint density at radius 3 is 2.33 bits per heavy atom. The number of aromatic nitrogens is 3. The van der Waals surface area contributed by atoms with E-state index in [0.29, 0.717) is 0 Å². The van der Waals surface area contributed by atoms with Gasteiger partial charge in [-0.3, -0.25) is 0 Å². The predicted octanol–water partition coefficient (Wildman–Crippen LogP) is 2.18. The van der Waals surface area contributed by atoms with Gasteiger partial charge in [0.15, 0.2) is 0 Å². The molecule has 4 heteroatoms. The average Bonchev–Trinajstić information content (AvgIpc) is 2.34. The van der Waals surface area contributed by atoms with Crippen LogP contribution in [0.1, 0.15) is 6.92 Å². The molecule has 3 nitrogen and oxygen atoms in total. The van der Waals surface area contributed by atoms with Gasteiger partial charge in [0.1, 0.15) is 6.33 Å². The van der Waals surface area contributed by atoms with Crippen LogP contribution in [0, 0.1) is 13.0 Å². The molecule has 1 aromatic heterocycles. The molecule has 0 amide bonds. The first-order valence-corrected chi connectivity index (χ1v) is 4.27. The summed E-state index contributed by atoms with van der Waals surface area (Å²) in [6, 6.07) is 10.5. The number of nitrogens with zero attached hydrogens (tertiary/aromatic N) is 3. The Morgan fingerprint density at radius 2 is 1.80 bits per heavy atom. The molecule has 75 valence electrons. The van der Waals surface area contributed by atoms with Crippen molar-refractivity contribution in [3.05, 3.63) is 49.8 Å². The standard InChI is InChI=1S/C9H6N3.C2H5.Sc/c1-2-4-8(5-3-1)9-6-11-12-7-10-9;1-2;/h2-7H;1H2,2H3;/q2*-1;. The minimum atomic E-state index is 0. The minimum absolute atomic E-state index is 0. The summed E-state index contributed by atoms with van der Waals surface area (Å²) in [5.41, 5.74) is 1.86. The summed E-state index contributed by atoms with van der Waals surface area (Å²) in [4.78, 5) is 4.06. The van der Waals surface area contributed by atoms with E-state index < -0.39 is 0 Å². The molecule has 0 atom stereocenters. The van der Waals surface area contributed by atoms with Crippen molar-refractivity contribution in [1.82, 2.24) is 15.2 Å². The summed E-state index contributed by atoms with van der Waals surface area (Å²) in [7, 11) is 0. The summed E-state index contributed by atoms with van der Waals surface area (Å²) in [5, 5.41) is 7.34. The van der Waals surface area contributed by atoms with Crippen LogP contribution in [0.2, 0.25) is 0 Å². The van der Waals surface area contributed by atoms with Crippen molar-refractivity contribution in [2.75, 3.05) is 0 Å². The van der Waals surface area contributed by atoms with E-state index in [0.717, 1.165) is 11.3 Å². The quantitative estimate of drug-likeness (QED) is 0.705. The summed E-state index contributed by atoms with van der Waals surface area (Å²) in [5.74, 6) is 0. The van der Waals surface area contributed by atoms with Crippen LogP contribution >= 0.6 is 0 Å². The minimum Gasteiger partial charge on any atom is -0.346 e. The zero-order valence-corrected chi connectivity index (χ0v) is 10.4. The van der Waals surface area contributed by atoms with E-state index in [1.165, 1.54) is 6.33 Å². The van der Waals surface area contributed by atoms with Gasteiger partial charge in [-0.25, -0.2) is 4.98 Å². The summed E-state index contributed by atoms with van der Waals surface area (Å²) in [6.07, 6.45) is 3.07. The molecule has 0 aliphatic rings. The van der Waals surface area contributed by atoms with Crippen molar-refractivity contribution in [3.63, 3.8) is 0 Å². The largest absolute Gasteiger partial charge is 0.346 e. The van der Waals surface area contributed by atoms with Crippen molar-refractivity contribution in [2.45, 2.75) is 6.92 Å². The molecule has 0 bridgehead atoms. The Balaban J connectivity index is 0.000000617. The molecule has 2 rings (SSSR count). The second-order valence-corrected chi connectivity index (χ2v) is 2.28. The van der Waals surface area contributed by atoms with Crippen LogP contribution in [-0.2, 0) is 25.8 Å². The third-order valence-electron chi connectivity index (χ3n) is 1.51. The summed E-state index contributed by atoms with van der Waals surface area (Å²) in [6.45, 7) is 5.00. The van der Waals surface area contributed by atoms with Crippen molar-refractivity contribution in [3.8, 4) is 11.3 Å². The first-order chi connectivity index (χ1) is 6.97. The number of hydrogen-bond acceptors (Lipinski definition) is 3. The summed E-state index contributed by atoms with van der Waals surface area (Å²) < 4.78 is 0. The van der Waals surface area contributed by atoms with Crippen molar-refractivity contribution in [1.29, 1.82) is 0 Å². The van der Waals surface area contributed by atoms with Crippen LogP contribution in [0.3, 0.4) is 0 Å². The van der Waals surface area contributed by atoms with Gasteiger partial charge in [0, 0.05) is 25.8 Å². The molecule has 1 aromatic carbocycles. The first-order valence-electron chi connectivity index (χ1n) is 4.27. The molecule has 0 saturated heterocycles. The number of rotatable bonds is 1. The molecule has 0 saturated carbocycles. The van der Waals surface area contributed by atoms with Gasteiger partial charge >= 0.3 is 0 Å². The molecule has 15 heavy (non-hydrogen) atoms. The fourth-order valence-corrected chi connectivity index (χ4v) is 0.946. The monoisotopic (exact) mass is 230 g/mol. The number of hydrogen-bond donors (Lipinski definition) is 0. The van der Waals surface area contributed by atoms with Gasteiger partial charge in [0.25, 0.3) is 0 Å². The first kappa shape index (κ1) is 14.1. The molecule has 1 heterocycles. The molecular formula is C11H11N3Sc-2. The van der Waals surface area contributed by atoms with E-state index in [1.54, 1.807) is 13.1 Å². The molecule has 0 unspecified atom stereocenters. The maximum absolute atomic E-state index is 4.06. The van der Waals surface area contributed by atoms with Crippen LogP contribution in [0.25, 0.3) is 11.3 Å². The fourth-order valence-electron chi connectivity index (χ4n) is 0.946. The van der Waals surface area contributed by atoms with Crippen LogP contribution in [0.5, 0.6) is 0 Å². The number of benzene rings is 1. The second kappa shape index (κ2) is 8.41. The van der Waals surface area contributed by atoms with E-state index in [1.807, 2.05) is 24.3 Å². The molecule has 0 N–H and O–H groups in total. The third-order valence-corrected chi connectivity index (χ3v) is 1.51. The van der Waals surface area contributed by atoms with Gasteiger partial charge in [-0.2, -0.15) is 42.4 Å². The van der Waals surface area contributed by atoms with Gasteiger partial charge in [-0.1, -0.05) is 0 Å². The van der Waals surface area contributed by atoms with E-state index >= 15 is 0 Å². The molecule has 0 aliphatic carbocycles. The fraction of sp³-hybridized carbons (Fsp3) is 0.0909.